The first-order chi connectivity index (χ1) is 11.0. The molecule has 8 heteroatoms. The van der Waals surface area contributed by atoms with Crippen LogP contribution >= 0.6 is 23.1 Å². The topological polar surface area (TPSA) is 73.3 Å². The summed E-state index contributed by atoms with van der Waals surface area (Å²) in [5.74, 6) is 1.36. The van der Waals surface area contributed by atoms with Crippen LogP contribution in [-0.2, 0) is 4.79 Å². The van der Waals surface area contributed by atoms with Crippen LogP contribution in [0.1, 0.15) is 25.5 Å². The Labute approximate surface area is 143 Å². The summed E-state index contributed by atoms with van der Waals surface area (Å²) in [7, 11) is 3.21. The van der Waals surface area contributed by atoms with Crippen molar-refractivity contribution < 1.29 is 14.3 Å². The predicted octanol–water partition coefficient (Wildman–Crippen LogP) is 2.91. The molecule has 1 aromatic heterocycles. The van der Waals surface area contributed by atoms with Crippen LogP contribution in [-0.4, -0.2) is 35.6 Å². The lowest BCUT2D eigenvalue weighted by Gasteiger charge is -2.20. The predicted molar refractivity (Wildman–Crippen MR) is 91.3 cm³/mol. The smallest absolute Gasteiger partial charge is 0.233 e. The molecule has 2 aromatic rings. The van der Waals surface area contributed by atoms with Gasteiger partial charge >= 0.3 is 0 Å². The lowest BCUT2D eigenvalue weighted by molar-refractivity contribution is -0.120. The molecule has 6 nitrogen and oxygen atoms in total. The number of carbonyl (C=O) groups excluding carboxylic acids is 1. The highest BCUT2D eigenvalue weighted by atomic mass is 32.2. The van der Waals surface area contributed by atoms with Crippen molar-refractivity contribution in [3.63, 3.8) is 0 Å². The van der Waals surface area contributed by atoms with Crippen molar-refractivity contribution in [1.29, 1.82) is 0 Å². The number of methoxy groups -OCH3 is 2. The molecule has 2 atom stereocenters. The maximum atomic E-state index is 12.4. The van der Waals surface area contributed by atoms with Crippen molar-refractivity contribution >= 4 is 29.0 Å². The number of rotatable bonds is 7. The zero-order chi connectivity index (χ0) is 16.8. The molecule has 0 fully saturated rings. The monoisotopic (exact) mass is 353 g/mol. The van der Waals surface area contributed by atoms with Crippen molar-refractivity contribution in [2.75, 3.05) is 14.2 Å². The molecule has 1 amide bonds. The summed E-state index contributed by atoms with van der Waals surface area (Å²) >= 11 is 2.81. The van der Waals surface area contributed by atoms with E-state index in [1.165, 1.54) is 23.1 Å². The molecule has 0 bridgehead atoms. The molecule has 0 aliphatic carbocycles. The quantitative estimate of drug-likeness (QED) is 0.772. The van der Waals surface area contributed by atoms with Gasteiger partial charge in [0.1, 0.15) is 17.0 Å². The van der Waals surface area contributed by atoms with Gasteiger partial charge in [0.15, 0.2) is 4.34 Å². The minimum Gasteiger partial charge on any atom is -0.497 e. The summed E-state index contributed by atoms with van der Waals surface area (Å²) < 4.78 is 11.4. The second kappa shape index (κ2) is 8.16. The average Bonchev–Trinajstić information content (AvgIpc) is 3.06. The number of benzene rings is 1. The van der Waals surface area contributed by atoms with Crippen LogP contribution in [0.4, 0.5) is 0 Å². The number of nitrogens with zero attached hydrogens (tertiary/aromatic N) is 2. The molecule has 0 aliphatic rings. The average molecular weight is 353 g/mol. The third-order valence-electron chi connectivity index (χ3n) is 3.25. The molecular weight excluding hydrogens is 334 g/mol. The van der Waals surface area contributed by atoms with E-state index in [0.717, 1.165) is 15.7 Å². The van der Waals surface area contributed by atoms with Gasteiger partial charge in [0.25, 0.3) is 0 Å². The fourth-order valence-corrected chi connectivity index (χ4v) is 3.64. The zero-order valence-electron chi connectivity index (χ0n) is 13.4. The van der Waals surface area contributed by atoms with Gasteiger partial charge in [0.05, 0.1) is 25.5 Å². The number of nitrogens with one attached hydrogen (secondary N) is 1. The largest absolute Gasteiger partial charge is 0.497 e. The van der Waals surface area contributed by atoms with Crippen LogP contribution in [0.3, 0.4) is 0 Å². The van der Waals surface area contributed by atoms with Crippen LogP contribution < -0.4 is 14.8 Å². The first-order valence-corrected chi connectivity index (χ1v) is 8.76. The number of aromatic nitrogens is 2. The number of amides is 1. The lowest BCUT2D eigenvalue weighted by atomic mass is 10.1. The van der Waals surface area contributed by atoms with E-state index in [-0.39, 0.29) is 17.2 Å². The van der Waals surface area contributed by atoms with Crippen LogP contribution in [0.15, 0.2) is 28.0 Å². The summed E-state index contributed by atoms with van der Waals surface area (Å²) in [6.07, 6.45) is 0. The van der Waals surface area contributed by atoms with Gasteiger partial charge in [-0.3, -0.25) is 4.79 Å². The van der Waals surface area contributed by atoms with Crippen LogP contribution in [0.2, 0.25) is 0 Å². The highest BCUT2D eigenvalue weighted by Gasteiger charge is 2.20. The second-order valence-corrected chi connectivity index (χ2v) is 7.22. The molecule has 1 N–H and O–H groups in total. The first-order valence-electron chi connectivity index (χ1n) is 7.00. The molecule has 0 saturated carbocycles. The first kappa shape index (κ1) is 17.6. The van der Waals surface area contributed by atoms with Crippen molar-refractivity contribution in [1.82, 2.24) is 15.5 Å². The van der Waals surface area contributed by atoms with E-state index >= 15 is 0 Å². The summed E-state index contributed by atoms with van der Waals surface area (Å²) in [6.45, 7) is 3.76. The van der Waals surface area contributed by atoms with E-state index in [9.17, 15) is 4.79 Å². The van der Waals surface area contributed by atoms with Crippen molar-refractivity contribution in [2.45, 2.75) is 29.5 Å². The highest BCUT2D eigenvalue weighted by molar-refractivity contribution is 8.02. The van der Waals surface area contributed by atoms with Gasteiger partial charge in [0.2, 0.25) is 5.91 Å². The van der Waals surface area contributed by atoms with Crippen LogP contribution in [0.5, 0.6) is 11.5 Å². The van der Waals surface area contributed by atoms with E-state index < -0.39 is 0 Å². The summed E-state index contributed by atoms with van der Waals surface area (Å²) in [5.41, 5.74) is 2.52. The Kier molecular flexibility index (Phi) is 6.23. The maximum Gasteiger partial charge on any atom is 0.233 e. The third kappa shape index (κ3) is 4.59. The van der Waals surface area contributed by atoms with Gasteiger partial charge in [-0.15, -0.1) is 10.2 Å². The van der Waals surface area contributed by atoms with Crippen LogP contribution in [0, 0.1) is 0 Å². The van der Waals surface area contributed by atoms with Crippen LogP contribution in [0.25, 0.3) is 0 Å². The molecule has 124 valence electrons. The Morgan fingerprint density at radius 2 is 2.09 bits per heavy atom. The fraction of sp³-hybridized carbons (Fsp3) is 0.400. The molecule has 1 heterocycles. The maximum absolute atomic E-state index is 12.4. The van der Waals surface area contributed by atoms with Crippen molar-refractivity contribution in [3.8, 4) is 11.5 Å². The van der Waals surface area contributed by atoms with Crippen molar-refractivity contribution in [2.24, 2.45) is 0 Å². The Balaban J connectivity index is 2.05. The van der Waals surface area contributed by atoms with E-state index in [0.29, 0.717) is 5.75 Å². The van der Waals surface area contributed by atoms with Crippen molar-refractivity contribution in [3.05, 3.63) is 29.3 Å². The van der Waals surface area contributed by atoms with E-state index in [4.69, 9.17) is 9.47 Å². The number of hydrogen-bond donors (Lipinski definition) is 1. The number of thioether (sulfide) groups is 1. The van der Waals surface area contributed by atoms with E-state index in [1.807, 2.05) is 32.0 Å². The zero-order valence-corrected chi connectivity index (χ0v) is 15.0. The van der Waals surface area contributed by atoms with Gasteiger partial charge < -0.3 is 14.8 Å². The summed E-state index contributed by atoms with van der Waals surface area (Å²) in [6, 6.07) is 5.32. The molecule has 0 unspecified atom stereocenters. The number of ether oxygens (including phenoxy) is 2. The lowest BCUT2D eigenvalue weighted by Crippen LogP contribution is -2.33. The molecule has 2 rings (SSSR count). The fourth-order valence-electron chi connectivity index (χ4n) is 2.01. The SMILES string of the molecule is COc1ccc(OC)c([C@@H](C)NC(=O)[C@@H](C)Sc2nncs2)c1. The Morgan fingerprint density at radius 3 is 2.70 bits per heavy atom. The molecule has 1 aromatic carbocycles. The minimum atomic E-state index is -0.262. The van der Waals surface area contributed by atoms with Gasteiger partial charge in [-0.2, -0.15) is 0 Å². The molecule has 0 radical (unpaired) electrons. The number of carbonyl (C=O) groups is 1. The highest BCUT2D eigenvalue weighted by Crippen LogP contribution is 2.30. The third-order valence-corrected chi connectivity index (χ3v) is 5.16. The normalized spacial score (nSPS) is 13.2. The molecule has 0 aliphatic heterocycles. The Hall–Kier alpha value is -1.80. The summed E-state index contributed by atoms with van der Waals surface area (Å²) in [4.78, 5) is 12.4. The van der Waals surface area contributed by atoms with Gasteiger partial charge in [-0.1, -0.05) is 23.1 Å². The van der Waals surface area contributed by atoms with Gasteiger partial charge in [0, 0.05) is 5.56 Å². The molecular formula is C15H19N3O3S2. The summed E-state index contributed by atoms with van der Waals surface area (Å²) in [5, 5.41) is 10.4. The number of hydrogen-bond acceptors (Lipinski definition) is 7. The van der Waals surface area contributed by atoms with E-state index in [1.54, 1.807) is 19.7 Å². The standard InChI is InChI=1S/C15H19N3O3S2/c1-9(12-7-11(20-3)5-6-13(12)21-4)17-14(19)10(2)23-15-18-16-8-22-15/h5-10H,1-4H3,(H,17,19)/t9-,10-/m1/s1. The molecule has 0 spiro atoms. The Morgan fingerprint density at radius 1 is 1.30 bits per heavy atom. The van der Waals surface area contributed by atoms with E-state index in [2.05, 4.69) is 15.5 Å². The van der Waals surface area contributed by atoms with Gasteiger partial charge in [-0.25, -0.2) is 0 Å². The minimum absolute atomic E-state index is 0.0671. The Bertz CT molecular complexity index is 649. The second-order valence-electron chi connectivity index (χ2n) is 4.80. The molecule has 23 heavy (non-hydrogen) atoms. The molecule has 0 saturated heterocycles. The van der Waals surface area contributed by atoms with Gasteiger partial charge in [-0.05, 0) is 32.0 Å².